The SMILES string of the molecule is CCCNC(c1nccn1CC)C(OCC)OCC. The van der Waals surface area contributed by atoms with E-state index in [-0.39, 0.29) is 12.3 Å². The van der Waals surface area contributed by atoms with Crippen molar-refractivity contribution >= 4 is 0 Å². The predicted octanol–water partition coefficient (Wildman–Crippen LogP) is 2.34. The summed E-state index contributed by atoms with van der Waals surface area (Å²) in [6, 6.07) is -0.0326. The summed E-state index contributed by atoms with van der Waals surface area (Å²) in [4.78, 5) is 4.47. The highest BCUT2D eigenvalue weighted by Gasteiger charge is 2.27. The molecule has 1 aromatic heterocycles. The topological polar surface area (TPSA) is 48.3 Å². The molecule has 0 fully saturated rings. The van der Waals surface area contributed by atoms with Crippen molar-refractivity contribution in [3.8, 4) is 0 Å². The first kappa shape index (κ1) is 16.1. The summed E-state index contributed by atoms with van der Waals surface area (Å²) >= 11 is 0. The number of aryl methyl sites for hydroxylation is 1. The molecule has 1 aromatic rings. The number of ether oxygens (including phenoxy) is 2. The van der Waals surface area contributed by atoms with Crippen molar-refractivity contribution < 1.29 is 9.47 Å². The van der Waals surface area contributed by atoms with Crippen LogP contribution in [0.5, 0.6) is 0 Å². The lowest BCUT2D eigenvalue weighted by Crippen LogP contribution is -2.38. The number of hydrogen-bond acceptors (Lipinski definition) is 4. The first-order valence-electron chi connectivity index (χ1n) is 7.25. The molecule has 0 bridgehead atoms. The van der Waals surface area contributed by atoms with Crippen LogP contribution in [-0.4, -0.2) is 35.6 Å². The van der Waals surface area contributed by atoms with Gasteiger partial charge in [0.05, 0.1) is 0 Å². The van der Waals surface area contributed by atoms with Crippen molar-refractivity contribution in [3.05, 3.63) is 18.2 Å². The molecule has 0 aliphatic heterocycles. The lowest BCUT2D eigenvalue weighted by molar-refractivity contribution is -0.156. The number of aromatic nitrogens is 2. The molecular formula is C14H27N3O2. The van der Waals surface area contributed by atoms with Crippen LogP contribution in [-0.2, 0) is 16.0 Å². The second-order valence-electron chi connectivity index (χ2n) is 4.28. The Kier molecular flexibility index (Phi) is 7.70. The fraction of sp³-hybridized carbons (Fsp3) is 0.786. The fourth-order valence-corrected chi connectivity index (χ4v) is 2.05. The minimum atomic E-state index is -0.297. The van der Waals surface area contributed by atoms with Gasteiger partial charge in [-0.3, -0.25) is 0 Å². The van der Waals surface area contributed by atoms with E-state index in [1.807, 2.05) is 26.2 Å². The van der Waals surface area contributed by atoms with Crippen molar-refractivity contribution in [1.82, 2.24) is 14.9 Å². The molecule has 0 aliphatic carbocycles. The molecule has 110 valence electrons. The zero-order valence-corrected chi connectivity index (χ0v) is 12.6. The predicted molar refractivity (Wildman–Crippen MR) is 76.0 cm³/mol. The standard InChI is InChI=1S/C14H27N3O2/c1-5-9-15-12(14(18-7-3)19-8-4)13-16-10-11-17(13)6-2/h10-12,14-15H,5-9H2,1-4H3. The van der Waals surface area contributed by atoms with Crippen LogP contribution in [0.25, 0.3) is 0 Å². The molecule has 1 heterocycles. The highest BCUT2D eigenvalue weighted by Crippen LogP contribution is 2.19. The van der Waals surface area contributed by atoms with Gasteiger partial charge >= 0.3 is 0 Å². The first-order valence-corrected chi connectivity index (χ1v) is 7.25. The summed E-state index contributed by atoms with van der Waals surface area (Å²) < 4.78 is 13.6. The molecule has 5 nitrogen and oxygen atoms in total. The molecule has 0 saturated heterocycles. The van der Waals surface area contributed by atoms with Crippen LogP contribution in [0.1, 0.15) is 46.0 Å². The van der Waals surface area contributed by atoms with E-state index < -0.39 is 0 Å². The Balaban J connectivity index is 2.90. The average molecular weight is 269 g/mol. The summed E-state index contributed by atoms with van der Waals surface area (Å²) in [5.41, 5.74) is 0. The lowest BCUT2D eigenvalue weighted by Gasteiger charge is -2.27. The van der Waals surface area contributed by atoms with Crippen LogP contribution in [0, 0.1) is 0 Å². The molecule has 0 aliphatic rings. The van der Waals surface area contributed by atoms with Gasteiger partial charge in [0.15, 0.2) is 6.29 Å². The zero-order valence-electron chi connectivity index (χ0n) is 12.6. The van der Waals surface area contributed by atoms with Crippen LogP contribution in [0.2, 0.25) is 0 Å². The van der Waals surface area contributed by atoms with E-state index in [4.69, 9.17) is 9.47 Å². The Morgan fingerprint density at radius 1 is 1.21 bits per heavy atom. The number of imidazole rings is 1. The molecule has 1 rings (SSSR count). The molecule has 5 heteroatoms. The first-order chi connectivity index (χ1) is 9.28. The van der Waals surface area contributed by atoms with Crippen molar-refractivity contribution in [2.24, 2.45) is 0 Å². The van der Waals surface area contributed by atoms with Gasteiger partial charge in [0.25, 0.3) is 0 Å². The summed E-state index contributed by atoms with van der Waals surface area (Å²) in [6.07, 6.45) is 4.59. The molecule has 1 N–H and O–H groups in total. The van der Waals surface area contributed by atoms with Gasteiger partial charge in [0.2, 0.25) is 0 Å². The number of nitrogens with one attached hydrogen (secondary N) is 1. The Labute approximate surface area is 116 Å². The summed E-state index contributed by atoms with van der Waals surface area (Å²) in [7, 11) is 0. The highest BCUT2D eigenvalue weighted by molar-refractivity contribution is 5.01. The van der Waals surface area contributed by atoms with Crippen LogP contribution in [0.3, 0.4) is 0 Å². The van der Waals surface area contributed by atoms with E-state index in [0.717, 1.165) is 25.3 Å². The van der Waals surface area contributed by atoms with Crippen LogP contribution >= 0.6 is 0 Å². The Morgan fingerprint density at radius 3 is 2.42 bits per heavy atom. The third-order valence-corrected chi connectivity index (χ3v) is 2.91. The molecule has 0 radical (unpaired) electrons. The molecule has 1 unspecified atom stereocenters. The maximum atomic E-state index is 5.73. The minimum absolute atomic E-state index is 0.0326. The molecule has 0 spiro atoms. The van der Waals surface area contributed by atoms with E-state index in [1.54, 1.807) is 0 Å². The van der Waals surface area contributed by atoms with Gasteiger partial charge in [0, 0.05) is 32.2 Å². The van der Waals surface area contributed by atoms with Crippen molar-refractivity contribution in [1.29, 1.82) is 0 Å². The largest absolute Gasteiger partial charge is 0.351 e. The third kappa shape index (κ3) is 4.60. The van der Waals surface area contributed by atoms with Crippen molar-refractivity contribution in [2.45, 2.75) is 53.0 Å². The quantitative estimate of drug-likeness (QED) is 0.662. The van der Waals surface area contributed by atoms with E-state index >= 15 is 0 Å². The third-order valence-electron chi connectivity index (χ3n) is 2.91. The molecule has 1 atom stereocenters. The summed E-state index contributed by atoms with van der Waals surface area (Å²) in [5, 5.41) is 3.48. The molecule has 0 amide bonds. The van der Waals surface area contributed by atoms with Crippen LogP contribution in [0.15, 0.2) is 12.4 Å². The second-order valence-corrected chi connectivity index (χ2v) is 4.28. The Bertz CT molecular complexity index is 335. The normalized spacial score (nSPS) is 13.1. The van der Waals surface area contributed by atoms with Crippen molar-refractivity contribution in [3.63, 3.8) is 0 Å². The summed E-state index contributed by atoms with van der Waals surface area (Å²) in [5.74, 6) is 0.975. The van der Waals surface area contributed by atoms with Crippen molar-refractivity contribution in [2.75, 3.05) is 19.8 Å². The maximum Gasteiger partial charge on any atom is 0.179 e. The summed E-state index contributed by atoms with van der Waals surface area (Å²) in [6.45, 7) is 11.3. The molecule has 0 saturated carbocycles. The molecule has 0 aromatic carbocycles. The monoisotopic (exact) mass is 269 g/mol. The maximum absolute atomic E-state index is 5.73. The zero-order chi connectivity index (χ0) is 14.1. The van der Waals surface area contributed by atoms with Crippen LogP contribution < -0.4 is 5.32 Å². The van der Waals surface area contributed by atoms with Gasteiger partial charge in [-0.05, 0) is 33.7 Å². The Morgan fingerprint density at radius 2 is 1.89 bits per heavy atom. The smallest absolute Gasteiger partial charge is 0.179 e. The van der Waals surface area contributed by atoms with Gasteiger partial charge in [-0.25, -0.2) is 4.98 Å². The molecule has 19 heavy (non-hydrogen) atoms. The van der Waals surface area contributed by atoms with E-state index in [1.165, 1.54) is 0 Å². The number of rotatable bonds is 10. The van der Waals surface area contributed by atoms with Gasteiger partial charge < -0.3 is 19.4 Å². The van der Waals surface area contributed by atoms with E-state index in [9.17, 15) is 0 Å². The Hall–Kier alpha value is -0.910. The minimum Gasteiger partial charge on any atom is -0.351 e. The van der Waals surface area contributed by atoms with Crippen LogP contribution in [0.4, 0.5) is 0 Å². The van der Waals surface area contributed by atoms with E-state index in [0.29, 0.717) is 13.2 Å². The van der Waals surface area contributed by atoms with Gasteiger partial charge in [-0.1, -0.05) is 6.92 Å². The fourth-order valence-electron chi connectivity index (χ4n) is 2.05. The average Bonchev–Trinajstić information content (AvgIpc) is 2.88. The molecular weight excluding hydrogens is 242 g/mol. The number of nitrogens with zero attached hydrogens (tertiary/aromatic N) is 2. The number of hydrogen-bond donors (Lipinski definition) is 1. The van der Waals surface area contributed by atoms with Gasteiger partial charge in [-0.15, -0.1) is 0 Å². The lowest BCUT2D eigenvalue weighted by atomic mass is 10.2. The van der Waals surface area contributed by atoms with Gasteiger partial charge in [-0.2, -0.15) is 0 Å². The van der Waals surface area contributed by atoms with E-state index in [2.05, 4.69) is 28.7 Å². The second kappa shape index (κ2) is 9.07. The van der Waals surface area contributed by atoms with Gasteiger partial charge in [0.1, 0.15) is 11.9 Å². The highest BCUT2D eigenvalue weighted by atomic mass is 16.7.